The van der Waals surface area contributed by atoms with Gasteiger partial charge in [0.25, 0.3) is 17.2 Å². The summed E-state index contributed by atoms with van der Waals surface area (Å²) in [7, 11) is 0. The molecule has 1 amide bonds. The number of non-ortho nitro benzene ring substituents is 1. The lowest BCUT2D eigenvalue weighted by Crippen LogP contribution is -2.30. The van der Waals surface area contributed by atoms with Crippen LogP contribution >= 0.6 is 0 Å². The second-order valence-electron chi connectivity index (χ2n) is 7.19. The highest BCUT2D eigenvalue weighted by Crippen LogP contribution is 2.27. The van der Waals surface area contributed by atoms with Gasteiger partial charge < -0.3 is 9.88 Å². The van der Waals surface area contributed by atoms with Gasteiger partial charge in [-0.05, 0) is 48.6 Å². The highest BCUT2D eigenvalue weighted by molar-refractivity contribution is 6.06. The number of nitrogens with one attached hydrogen (secondary N) is 1. The standard InChI is InChI=1S/C20H17N7O4/c1-11(2)26-17-7-6-15(27(30)31)9-13(17)10-16(20(26)29)19(28)21-14-5-3-4-12(8-14)18-22-24-25-23-18/h3-11,18H,1-2H3,(H,21,28). The zero-order valence-corrected chi connectivity index (χ0v) is 16.6. The number of anilines is 1. The van der Waals surface area contributed by atoms with Gasteiger partial charge in [-0.2, -0.15) is 0 Å². The highest BCUT2D eigenvalue weighted by Gasteiger charge is 2.20. The van der Waals surface area contributed by atoms with Crippen molar-refractivity contribution in [1.29, 1.82) is 0 Å². The Morgan fingerprint density at radius 1 is 1.13 bits per heavy atom. The molecule has 0 saturated carbocycles. The maximum absolute atomic E-state index is 13.1. The van der Waals surface area contributed by atoms with Crippen LogP contribution in [0.2, 0.25) is 0 Å². The number of carbonyl (C=O) groups excluding carboxylic acids is 1. The fraction of sp³-hybridized carbons (Fsp3) is 0.200. The molecule has 0 aliphatic carbocycles. The molecule has 3 aromatic rings. The van der Waals surface area contributed by atoms with Gasteiger partial charge in [0.05, 0.1) is 10.4 Å². The van der Waals surface area contributed by atoms with Crippen molar-refractivity contribution in [2.45, 2.75) is 26.1 Å². The first-order valence-corrected chi connectivity index (χ1v) is 9.40. The van der Waals surface area contributed by atoms with Crippen LogP contribution in [0.25, 0.3) is 10.9 Å². The largest absolute Gasteiger partial charge is 0.322 e. The Balaban J connectivity index is 1.75. The van der Waals surface area contributed by atoms with Gasteiger partial charge in [0, 0.05) is 34.8 Å². The van der Waals surface area contributed by atoms with Gasteiger partial charge in [0.15, 0.2) is 0 Å². The number of hydrogen-bond acceptors (Lipinski definition) is 8. The molecule has 2 aromatic carbocycles. The van der Waals surface area contributed by atoms with Gasteiger partial charge in [-0.15, -0.1) is 10.2 Å². The van der Waals surface area contributed by atoms with E-state index in [1.54, 1.807) is 38.1 Å². The summed E-state index contributed by atoms with van der Waals surface area (Å²) in [6, 6.07) is 12.1. The third-order valence-corrected chi connectivity index (χ3v) is 4.80. The number of amides is 1. The van der Waals surface area contributed by atoms with Crippen LogP contribution in [0, 0.1) is 10.1 Å². The van der Waals surface area contributed by atoms with E-state index in [-0.39, 0.29) is 17.3 Å². The number of benzene rings is 2. The molecule has 0 fully saturated rings. The van der Waals surface area contributed by atoms with Crippen molar-refractivity contribution in [3.8, 4) is 0 Å². The number of fused-ring (bicyclic) bond motifs is 1. The first-order chi connectivity index (χ1) is 14.8. The zero-order valence-electron chi connectivity index (χ0n) is 16.6. The maximum atomic E-state index is 13.1. The molecule has 4 rings (SSSR count). The summed E-state index contributed by atoms with van der Waals surface area (Å²) in [5.74, 6) is -0.625. The Bertz CT molecular complexity index is 1310. The molecule has 0 bridgehead atoms. The molecular formula is C20H17N7O4. The van der Waals surface area contributed by atoms with Crippen molar-refractivity contribution in [3.63, 3.8) is 0 Å². The third-order valence-electron chi connectivity index (χ3n) is 4.80. The van der Waals surface area contributed by atoms with E-state index in [1.165, 1.54) is 28.8 Å². The molecule has 0 unspecified atom stereocenters. The molecule has 1 aromatic heterocycles. The van der Waals surface area contributed by atoms with E-state index in [4.69, 9.17) is 0 Å². The van der Waals surface area contributed by atoms with E-state index in [1.807, 2.05) is 0 Å². The van der Waals surface area contributed by atoms with Crippen molar-refractivity contribution < 1.29 is 9.72 Å². The number of hydrogen-bond donors (Lipinski definition) is 1. The normalized spacial score (nSPS) is 13.3. The van der Waals surface area contributed by atoms with E-state index >= 15 is 0 Å². The molecule has 0 spiro atoms. The number of pyridine rings is 1. The van der Waals surface area contributed by atoms with Crippen LogP contribution in [0.3, 0.4) is 0 Å². The van der Waals surface area contributed by atoms with Gasteiger partial charge in [0.2, 0.25) is 6.17 Å². The monoisotopic (exact) mass is 419 g/mol. The first-order valence-electron chi connectivity index (χ1n) is 9.40. The average Bonchev–Trinajstić information content (AvgIpc) is 3.27. The van der Waals surface area contributed by atoms with Crippen molar-refractivity contribution in [2.24, 2.45) is 20.7 Å². The number of nitrogens with zero attached hydrogens (tertiary/aromatic N) is 6. The summed E-state index contributed by atoms with van der Waals surface area (Å²) < 4.78 is 1.45. The van der Waals surface area contributed by atoms with Crippen LogP contribution in [0.4, 0.5) is 11.4 Å². The molecule has 1 aliphatic heterocycles. The lowest BCUT2D eigenvalue weighted by Gasteiger charge is -2.16. The number of nitro groups is 1. The lowest BCUT2D eigenvalue weighted by atomic mass is 10.1. The van der Waals surface area contributed by atoms with Crippen LogP contribution in [-0.4, -0.2) is 15.4 Å². The molecule has 31 heavy (non-hydrogen) atoms. The molecule has 11 nitrogen and oxygen atoms in total. The Morgan fingerprint density at radius 2 is 1.87 bits per heavy atom. The molecule has 11 heteroatoms. The van der Waals surface area contributed by atoms with Crippen LogP contribution in [0.5, 0.6) is 0 Å². The van der Waals surface area contributed by atoms with E-state index in [0.717, 1.165) is 0 Å². The van der Waals surface area contributed by atoms with Crippen molar-refractivity contribution in [1.82, 2.24) is 4.57 Å². The van der Waals surface area contributed by atoms with Gasteiger partial charge in [0.1, 0.15) is 5.56 Å². The Kier molecular flexibility index (Phi) is 5.07. The minimum atomic E-state index is -0.625. The topological polar surface area (TPSA) is 144 Å². The average molecular weight is 419 g/mol. The predicted octanol–water partition coefficient (Wildman–Crippen LogP) is 4.57. The Morgan fingerprint density at radius 3 is 2.55 bits per heavy atom. The minimum Gasteiger partial charge on any atom is -0.322 e. The molecule has 0 atom stereocenters. The van der Waals surface area contributed by atoms with Gasteiger partial charge in [-0.3, -0.25) is 19.7 Å². The van der Waals surface area contributed by atoms with Crippen LogP contribution in [0.1, 0.15) is 42.0 Å². The Hall–Kier alpha value is -4.28. The molecule has 1 N–H and O–H groups in total. The SMILES string of the molecule is CC(C)n1c(=O)c(C(=O)Nc2cccc(C3N=NN=N3)c2)cc2cc([N+](=O)[O-])ccc21. The van der Waals surface area contributed by atoms with Crippen LogP contribution < -0.4 is 10.9 Å². The summed E-state index contributed by atoms with van der Waals surface area (Å²) in [6.45, 7) is 3.61. The van der Waals surface area contributed by atoms with Crippen molar-refractivity contribution in [3.05, 3.63) is 80.1 Å². The predicted molar refractivity (Wildman–Crippen MR) is 112 cm³/mol. The van der Waals surface area contributed by atoms with E-state index in [0.29, 0.717) is 22.2 Å². The number of rotatable bonds is 5. The quantitative estimate of drug-likeness (QED) is 0.477. The summed E-state index contributed by atoms with van der Waals surface area (Å²) in [4.78, 5) is 36.7. The van der Waals surface area contributed by atoms with Crippen molar-refractivity contribution >= 4 is 28.2 Å². The van der Waals surface area contributed by atoms with E-state index < -0.39 is 22.6 Å². The molecule has 0 saturated heterocycles. The van der Waals surface area contributed by atoms with Gasteiger partial charge in [-0.25, -0.2) is 0 Å². The minimum absolute atomic E-state index is 0.118. The van der Waals surface area contributed by atoms with E-state index in [2.05, 4.69) is 26.0 Å². The third kappa shape index (κ3) is 3.80. The zero-order chi connectivity index (χ0) is 22.1. The maximum Gasteiger partial charge on any atom is 0.270 e. The second kappa shape index (κ2) is 7.86. The number of nitro benzene ring substituents is 1. The lowest BCUT2D eigenvalue weighted by molar-refractivity contribution is -0.384. The number of aromatic nitrogens is 1. The molecule has 1 aliphatic rings. The second-order valence-corrected chi connectivity index (χ2v) is 7.19. The van der Waals surface area contributed by atoms with Crippen LogP contribution in [-0.2, 0) is 0 Å². The summed E-state index contributed by atoms with van der Waals surface area (Å²) in [5.41, 5.74) is 0.906. The van der Waals surface area contributed by atoms with Gasteiger partial charge >= 0.3 is 0 Å². The highest BCUT2D eigenvalue weighted by atomic mass is 16.6. The fourth-order valence-corrected chi connectivity index (χ4v) is 3.40. The smallest absolute Gasteiger partial charge is 0.270 e. The van der Waals surface area contributed by atoms with Crippen LogP contribution in [0.15, 0.2) is 74.0 Å². The fourth-order valence-electron chi connectivity index (χ4n) is 3.40. The molecular weight excluding hydrogens is 402 g/mol. The molecule has 2 heterocycles. The van der Waals surface area contributed by atoms with E-state index in [9.17, 15) is 19.7 Å². The summed E-state index contributed by atoms with van der Waals surface area (Å²) in [5, 5.41) is 28.9. The molecule has 0 radical (unpaired) electrons. The van der Waals surface area contributed by atoms with Crippen molar-refractivity contribution in [2.75, 3.05) is 5.32 Å². The molecule has 156 valence electrons. The summed E-state index contributed by atoms with van der Waals surface area (Å²) in [6.07, 6.45) is -0.573. The summed E-state index contributed by atoms with van der Waals surface area (Å²) >= 11 is 0. The first kappa shape index (κ1) is 20.0. The Labute approximate surface area is 175 Å². The van der Waals surface area contributed by atoms with Gasteiger partial charge in [-0.1, -0.05) is 12.1 Å². The number of carbonyl (C=O) groups is 1.